The molecule has 0 saturated carbocycles. The van der Waals surface area contributed by atoms with Crippen molar-refractivity contribution in [2.45, 2.75) is 46.1 Å². The summed E-state index contributed by atoms with van der Waals surface area (Å²) in [6.07, 6.45) is 0.991. The molecule has 0 saturated heterocycles. The second-order valence-corrected chi connectivity index (χ2v) is 6.39. The fraction of sp³-hybridized carbons (Fsp3) is 0.444. The van der Waals surface area contributed by atoms with Crippen molar-refractivity contribution in [1.82, 2.24) is 4.98 Å². The molecule has 0 fully saturated rings. The first-order valence-electron chi connectivity index (χ1n) is 7.44. The third-order valence-corrected chi connectivity index (χ3v) is 3.24. The standard InChI is InChI=1S/C18H23NO3/c1-12-10-13(6-9-17(20)21-5)15-11-14(22-18(2,3)4)7-8-16(15)19-12/h7-8,10-11H,6,9H2,1-5H3. The predicted molar refractivity (Wildman–Crippen MR) is 87.2 cm³/mol. The fourth-order valence-corrected chi connectivity index (χ4v) is 2.38. The maximum atomic E-state index is 11.4. The maximum Gasteiger partial charge on any atom is 0.305 e. The molecule has 0 spiro atoms. The molecule has 0 N–H and O–H groups in total. The molecule has 1 aromatic carbocycles. The predicted octanol–water partition coefficient (Wildman–Crippen LogP) is 3.83. The average Bonchev–Trinajstić information content (AvgIpc) is 2.43. The number of hydrogen-bond acceptors (Lipinski definition) is 4. The number of aryl methyl sites for hydroxylation is 2. The molecule has 2 aromatic rings. The Morgan fingerprint density at radius 1 is 1.23 bits per heavy atom. The molecule has 22 heavy (non-hydrogen) atoms. The summed E-state index contributed by atoms with van der Waals surface area (Å²) >= 11 is 0. The van der Waals surface area contributed by atoms with Crippen LogP contribution in [0, 0.1) is 6.92 Å². The number of carbonyl (C=O) groups excluding carboxylic acids is 1. The van der Waals surface area contributed by atoms with Gasteiger partial charge in [0.1, 0.15) is 11.4 Å². The minimum Gasteiger partial charge on any atom is -0.488 e. The minimum atomic E-state index is -0.252. The zero-order chi connectivity index (χ0) is 16.3. The number of benzene rings is 1. The van der Waals surface area contributed by atoms with E-state index in [1.165, 1.54) is 7.11 Å². The number of fused-ring (bicyclic) bond motifs is 1. The Balaban J connectivity index is 2.40. The van der Waals surface area contributed by atoms with Crippen molar-refractivity contribution < 1.29 is 14.3 Å². The van der Waals surface area contributed by atoms with Gasteiger partial charge in [-0.05, 0) is 63.9 Å². The molecule has 118 valence electrons. The Hall–Kier alpha value is -2.10. The molecular weight excluding hydrogens is 278 g/mol. The number of rotatable bonds is 4. The van der Waals surface area contributed by atoms with Crippen LogP contribution in [0.5, 0.6) is 5.75 Å². The highest BCUT2D eigenvalue weighted by molar-refractivity contribution is 5.84. The van der Waals surface area contributed by atoms with Crippen LogP contribution >= 0.6 is 0 Å². The highest BCUT2D eigenvalue weighted by Gasteiger charge is 2.13. The van der Waals surface area contributed by atoms with Crippen LogP contribution in [-0.4, -0.2) is 23.7 Å². The van der Waals surface area contributed by atoms with E-state index in [2.05, 4.69) is 4.98 Å². The summed E-state index contributed by atoms with van der Waals surface area (Å²) in [6, 6.07) is 7.92. The first kappa shape index (κ1) is 16.3. The summed E-state index contributed by atoms with van der Waals surface area (Å²) in [7, 11) is 1.41. The van der Waals surface area contributed by atoms with Crippen molar-refractivity contribution in [2.24, 2.45) is 0 Å². The molecule has 1 aromatic heterocycles. The van der Waals surface area contributed by atoms with Crippen molar-refractivity contribution in [2.75, 3.05) is 7.11 Å². The van der Waals surface area contributed by atoms with Crippen molar-refractivity contribution in [1.29, 1.82) is 0 Å². The van der Waals surface area contributed by atoms with Gasteiger partial charge in [0.2, 0.25) is 0 Å². The van der Waals surface area contributed by atoms with Crippen LogP contribution < -0.4 is 4.74 Å². The van der Waals surface area contributed by atoms with Gasteiger partial charge in [0.05, 0.1) is 12.6 Å². The van der Waals surface area contributed by atoms with Crippen LogP contribution in [0.2, 0.25) is 0 Å². The van der Waals surface area contributed by atoms with Gasteiger partial charge in [-0.2, -0.15) is 0 Å². The largest absolute Gasteiger partial charge is 0.488 e. The van der Waals surface area contributed by atoms with E-state index in [0.717, 1.165) is 27.9 Å². The molecule has 0 radical (unpaired) electrons. The van der Waals surface area contributed by atoms with E-state index in [1.807, 2.05) is 52.0 Å². The number of esters is 1. The van der Waals surface area contributed by atoms with Gasteiger partial charge < -0.3 is 9.47 Å². The van der Waals surface area contributed by atoms with Gasteiger partial charge >= 0.3 is 5.97 Å². The van der Waals surface area contributed by atoms with Crippen molar-refractivity contribution in [3.05, 3.63) is 35.5 Å². The Labute approximate surface area is 131 Å². The fourth-order valence-electron chi connectivity index (χ4n) is 2.38. The van der Waals surface area contributed by atoms with Crippen LogP contribution in [-0.2, 0) is 16.0 Å². The van der Waals surface area contributed by atoms with Crippen molar-refractivity contribution >= 4 is 16.9 Å². The Morgan fingerprint density at radius 3 is 2.59 bits per heavy atom. The second-order valence-electron chi connectivity index (χ2n) is 6.39. The van der Waals surface area contributed by atoms with E-state index in [-0.39, 0.29) is 11.6 Å². The average molecular weight is 301 g/mol. The highest BCUT2D eigenvalue weighted by atomic mass is 16.5. The molecule has 0 aliphatic carbocycles. The van der Waals surface area contributed by atoms with E-state index < -0.39 is 0 Å². The summed E-state index contributed by atoms with van der Waals surface area (Å²) < 4.78 is 10.6. The molecule has 4 nitrogen and oxygen atoms in total. The molecule has 4 heteroatoms. The first-order chi connectivity index (χ1) is 10.3. The molecule has 0 aliphatic heterocycles. The van der Waals surface area contributed by atoms with E-state index in [4.69, 9.17) is 9.47 Å². The Bertz CT molecular complexity index is 687. The van der Waals surface area contributed by atoms with Crippen LogP contribution in [0.15, 0.2) is 24.3 Å². The van der Waals surface area contributed by atoms with E-state index >= 15 is 0 Å². The van der Waals surface area contributed by atoms with Gasteiger partial charge in [-0.25, -0.2) is 0 Å². The lowest BCUT2D eigenvalue weighted by atomic mass is 10.0. The summed E-state index contributed by atoms with van der Waals surface area (Å²) in [5.41, 5.74) is 2.70. The summed E-state index contributed by atoms with van der Waals surface area (Å²) in [6.45, 7) is 8.01. The lowest BCUT2D eigenvalue weighted by Gasteiger charge is -2.21. The molecule has 0 unspecified atom stereocenters. The van der Waals surface area contributed by atoms with Gasteiger partial charge in [0.15, 0.2) is 0 Å². The van der Waals surface area contributed by atoms with Crippen LogP contribution in [0.1, 0.15) is 38.4 Å². The highest BCUT2D eigenvalue weighted by Crippen LogP contribution is 2.27. The third kappa shape index (κ3) is 4.20. The molecule has 0 aliphatic rings. The molecular formula is C18H23NO3. The van der Waals surface area contributed by atoms with E-state index in [9.17, 15) is 4.79 Å². The monoisotopic (exact) mass is 301 g/mol. The van der Waals surface area contributed by atoms with Gasteiger partial charge in [-0.1, -0.05) is 0 Å². The smallest absolute Gasteiger partial charge is 0.305 e. The lowest BCUT2D eigenvalue weighted by Crippen LogP contribution is -2.22. The van der Waals surface area contributed by atoms with E-state index in [1.54, 1.807) is 0 Å². The lowest BCUT2D eigenvalue weighted by molar-refractivity contribution is -0.140. The molecule has 0 amide bonds. The number of pyridine rings is 1. The molecule has 2 rings (SSSR count). The number of carbonyl (C=O) groups is 1. The summed E-state index contributed by atoms with van der Waals surface area (Å²) in [5.74, 6) is 0.606. The molecule has 0 bridgehead atoms. The number of methoxy groups -OCH3 is 1. The van der Waals surface area contributed by atoms with Crippen molar-refractivity contribution in [3.63, 3.8) is 0 Å². The quantitative estimate of drug-likeness (QED) is 0.805. The normalized spacial score (nSPS) is 11.5. The number of hydrogen-bond donors (Lipinski definition) is 0. The number of aromatic nitrogens is 1. The van der Waals surface area contributed by atoms with Gasteiger partial charge in [0.25, 0.3) is 0 Å². The van der Waals surface area contributed by atoms with Gasteiger partial charge in [-0.3, -0.25) is 9.78 Å². The minimum absolute atomic E-state index is 0.204. The van der Waals surface area contributed by atoms with E-state index in [0.29, 0.717) is 12.8 Å². The molecule has 0 atom stereocenters. The zero-order valence-corrected chi connectivity index (χ0v) is 13.9. The number of nitrogens with zero attached hydrogens (tertiary/aromatic N) is 1. The Kier molecular flexibility index (Phi) is 4.69. The van der Waals surface area contributed by atoms with Crippen LogP contribution in [0.4, 0.5) is 0 Å². The summed E-state index contributed by atoms with van der Waals surface area (Å²) in [5, 5.41) is 1.02. The van der Waals surface area contributed by atoms with Gasteiger partial charge in [-0.15, -0.1) is 0 Å². The SMILES string of the molecule is COC(=O)CCc1cc(C)nc2ccc(OC(C)(C)C)cc12. The van der Waals surface area contributed by atoms with Crippen LogP contribution in [0.25, 0.3) is 10.9 Å². The maximum absolute atomic E-state index is 11.4. The van der Waals surface area contributed by atoms with Crippen molar-refractivity contribution in [3.8, 4) is 5.75 Å². The first-order valence-corrected chi connectivity index (χ1v) is 7.44. The topological polar surface area (TPSA) is 48.4 Å². The zero-order valence-electron chi connectivity index (χ0n) is 13.9. The second kappa shape index (κ2) is 6.34. The van der Waals surface area contributed by atoms with Gasteiger partial charge in [0, 0.05) is 17.5 Å². The molecule has 1 heterocycles. The number of ether oxygens (including phenoxy) is 2. The summed E-state index contributed by atoms with van der Waals surface area (Å²) in [4.78, 5) is 15.9. The Morgan fingerprint density at radius 2 is 1.95 bits per heavy atom. The van der Waals surface area contributed by atoms with Crippen LogP contribution in [0.3, 0.4) is 0 Å². The third-order valence-electron chi connectivity index (χ3n) is 3.24.